The van der Waals surface area contributed by atoms with Gasteiger partial charge in [-0.1, -0.05) is 0 Å². The SMILES string of the molecule is NCNc1ccc(Br)s1. The number of nitrogens with two attached hydrogens (primary N) is 1. The molecular weight excluding hydrogens is 200 g/mol. The Kier molecular flexibility index (Phi) is 2.50. The van der Waals surface area contributed by atoms with Crippen LogP contribution in [0.2, 0.25) is 0 Å². The number of thiophene rings is 1. The Balaban J connectivity index is 2.61. The van der Waals surface area contributed by atoms with Crippen molar-refractivity contribution in [1.82, 2.24) is 0 Å². The van der Waals surface area contributed by atoms with Crippen LogP contribution in [0, 0.1) is 0 Å². The minimum absolute atomic E-state index is 0.493. The molecule has 0 bridgehead atoms. The first-order chi connectivity index (χ1) is 4.33. The van der Waals surface area contributed by atoms with Gasteiger partial charge in [-0.3, -0.25) is 0 Å². The average Bonchev–Trinajstić information content (AvgIpc) is 2.17. The van der Waals surface area contributed by atoms with Crippen LogP contribution in [0.3, 0.4) is 0 Å². The van der Waals surface area contributed by atoms with Crippen LogP contribution in [0.4, 0.5) is 5.00 Å². The zero-order chi connectivity index (χ0) is 6.69. The summed E-state index contributed by atoms with van der Waals surface area (Å²) in [7, 11) is 0. The summed E-state index contributed by atoms with van der Waals surface area (Å²) in [5.74, 6) is 0. The molecule has 0 unspecified atom stereocenters. The maximum atomic E-state index is 5.25. The predicted molar refractivity (Wildman–Crippen MR) is 44.7 cm³/mol. The van der Waals surface area contributed by atoms with E-state index in [-0.39, 0.29) is 0 Å². The lowest BCUT2D eigenvalue weighted by atomic mass is 10.6. The molecule has 0 aliphatic carbocycles. The highest BCUT2D eigenvalue weighted by Crippen LogP contribution is 2.25. The summed E-state index contributed by atoms with van der Waals surface area (Å²) in [6.07, 6.45) is 0. The van der Waals surface area contributed by atoms with Crippen molar-refractivity contribution < 1.29 is 0 Å². The molecule has 0 radical (unpaired) electrons. The van der Waals surface area contributed by atoms with Crippen molar-refractivity contribution in [3.8, 4) is 0 Å². The molecule has 0 fully saturated rings. The molecule has 0 aliphatic heterocycles. The Labute approximate surface area is 66.2 Å². The number of anilines is 1. The van der Waals surface area contributed by atoms with E-state index < -0.39 is 0 Å². The van der Waals surface area contributed by atoms with Gasteiger partial charge in [0.05, 0.1) is 15.5 Å². The van der Waals surface area contributed by atoms with E-state index in [1.54, 1.807) is 11.3 Å². The van der Waals surface area contributed by atoms with Crippen LogP contribution in [0.1, 0.15) is 0 Å². The Bertz CT molecular complexity index is 187. The van der Waals surface area contributed by atoms with Gasteiger partial charge in [0.25, 0.3) is 0 Å². The smallest absolute Gasteiger partial charge is 0.0904 e. The van der Waals surface area contributed by atoms with Crippen LogP contribution in [0.25, 0.3) is 0 Å². The van der Waals surface area contributed by atoms with Crippen molar-refractivity contribution in [2.45, 2.75) is 0 Å². The zero-order valence-electron chi connectivity index (χ0n) is 4.73. The van der Waals surface area contributed by atoms with Crippen molar-refractivity contribution in [3.63, 3.8) is 0 Å². The standard InChI is InChI=1S/C5H7BrN2S/c6-4-1-2-5(9-4)8-3-7/h1-2,8H,3,7H2. The largest absolute Gasteiger partial charge is 0.365 e. The number of hydrogen-bond acceptors (Lipinski definition) is 3. The highest BCUT2D eigenvalue weighted by atomic mass is 79.9. The first kappa shape index (κ1) is 7.05. The molecule has 50 valence electrons. The van der Waals surface area contributed by atoms with Gasteiger partial charge in [0.2, 0.25) is 0 Å². The second-order valence-electron chi connectivity index (χ2n) is 1.48. The van der Waals surface area contributed by atoms with Crippen molar-refractivity contribution in [2.75, 3.05) is 12.0 Å². The molecule has 1 heterocycles. The zero-order valence-corrected chi connectivity index (χ0v) is 7.13. The highest BCUT2D eigenvalue weighted by molar-refractivity contribution is 9.11. The molecule has 1 rings (SSSR count). The maximum Gasteiger partial charge on any atom is 0.0904 e. The van der Waals surface area contributed by atoms with Crippen LogP contribution in [-0.2, 0) is 0 Å². The molecule has 0 aromatic carbocycles. The van der Waals surface area contributed by atoms with E-state index in [0.717, 1.165) is 8.79 Å². The number of rotatable bonds is 2. The van der Waals surface area contributed by atoms with Gasteiger partial charge in [0.1, 0.15) is 0 Å². The van der Waals surface area contributed by atoms with Gasteiger partial charge in [-0.2, -0.15) is 0 Å². The first-order valence-electron chi connectivity index (χ1n) is 2.52. The minimum atomic E-state index is 0.493. The topological polar surface area (TPSA) is 38.0 Å². The summed E-state index contributed by atoms with van der Waals surface area (Å²) in [5, 5.41) is 4.10. The lowest BCUT2D eigenvalue weighted by Gasteiger charge is -1.93. The molecule has 0 amide bonds. The van der Waals surface area contributed by atoms with Crippen LogP contribution in [-0.4, -0.2) is 6.67 Å². The quantitative estimate of drug-likeness (QED) is 0.726. The number of hydrogen-bond donors (Lipinski definition) is 2. The van der Waals surface area contributed by atoms with Gasteiger partial charge in [0, 0.05) is 0 Å². The average molecular weight is 207 g/mol. The van der Waals surface area contributed by atoms with Gasteiger partial charge in [-0.15, -0.1) is 11.3 Å². The minimum Gasteiger partial charge on any atom is -0.365 e. The van der Waals surface area contributed by atoms with E-state index in [0.29, 0.717) is 6.67 Å². The number of nitrogens with one attached hydrogen (secondary N) is 1. The van der Waals surface area contributed by atoms with E-state index >= 15 is 0 Å². The van der Waals surface area contributed by atoms with Crippen LogP contribution >= 0.6 is 27.3 Å². The fourth-order valence-electron chi connectivity index (χ4n) is 0.510. The van der Waals surface area contributed by atoms with E-state index in [4.69, 9.17) is 5.73 Å². The van der Waals surface area contributed by atoms with Gasteiger partial charge in [-0.05, 0) is 28.1 Å². The molecule has 0 aliphatic rings. The molecule has 0 spiro atoms. The van der Waals surface area contributed by atoms with Crippen molar-refractivity contribution >= 4 is 32.3 Å². The van der Waals surface area contributed by atoms with E-state index in [1.807, 2.05) is 12.1 Å². The molecule has 2 nitrogen and oxygen atoms in total. The first-order valence-corrected chi connectivity index (χ1v) is 4.13. The molecule has 1 aromatic heterocycles. The Morgan fingerprint density at radius 2 is 2.44 bits per heavy atom. The molecule has 9 heavy (non-hydrogen) atoms. The number of halogens is 1. The van der Waals surface area contributed by atoms with Crippen LogP contribution in [0.5, 0.6) is 0 Å². The molecule has 0 saturated carbocycles. The third kappa shape index (κ3) is 1.97. The van der Waals surface area contributed by atoms with Gasteiger partial charge < -0.3 is 11.1 Å². The Morgan fingerprint density at radius 3 is 2.89 bits per heavy atom. The van der Waals surface area contributed by atoms with Gasteiger partial charge >= 0.3 is 0 Å². The molecule has 1 aromatic rings. The lowest BCUT2D eigenvalue weighted by Crippen LogP contribution is -2.09. The normalized spacial score (nSPS) is 9.56. The van der Waals surface area contributed by atoms with Crippen LogP contribution < -0.4 is 11.1 Å². The third-order valence-corrected chi connectivity index (χ3v) is 2.43. The summed E-state index contributed by atoms with van der Waals surface area (Å²) in [5.41, 5.74) is 5.25. The highest BCUT2D eigenvalue weighted by Gasteiger charge is 1.92. The Hall–Kier alpha value is -0.0600. The predicted octanol–water partition coefficient (Wildman–Crippen LogP) is 1.84. The van der Waals surface area contributed by atoms with Gasteiger partial charge in [-0.25, -0.2) is 0 Å². The Morgan fingerprint density at radius 1 is 1.67 bits per heavy atom. The second kappa shape index (κ2) is 3.20. The maximum absolute atomic E-state index is 5.25. The molecule has 4 heteroatoms. The van der Waals surface area contributed by atoms with E-state index in [2.05, 4.69) is 21.2 Å². The summed E-state index contributed by atoms with van der Waals surface area (Å²) in [6, 6.07) is 3.98. The second-order valence-corrected chi connectivity index (χ2v) is 3.95. The molecular formula is C5H7BrN2S. The summed E-state index contributed by atoms with van der Waals surface area (Å²) in [4.78, 5) is 0. The molecule has 0 saturated heterocycles. The van der Waals surface area contributed by atoms with Crippen molar-refractivity contribution in [1.29, 1.82) is 0 Å². The summed E-state index contributed by atoms with van der Waals surface area (Å²) in [6.45, 7) is 0.493. The van der Waals surface area contributed by atoms with Crippen molar-refractivity contribution in [2.24, 2.45) is 5.73 Å². The fraction of sp³-hybridized carbons (Fsp3) is 0.200. The third-order valence-electron chi connectivity index (χ3n) is 0.849. The lowest BCUT2D eigenvalue weighted by molar-refractivity contribution is 1.15. The summed E-state index contributed by atoms with van der Waals surface area (Å²) >= 11 is 4.98. The monoisotopic (exact) mass is 206 g/mol. The van der Waals surface area contributed by atoms with Gasteiger partial charge in [0.15, 0.2) is 0 Å². The van der Waals surface area contributed by atoms with Crippen LogP contribution in [0.15, 0.2) is 15.9 Å². The fourth-order valence-corrected chi connectivity index (χ4v) is 1.80. The van der Waals surface area contributed by atoms with Crippen molar-refractivity contribution in [3.05, 3.63) is 15.9 Å². The molecule has 3 N–H and O–H groups in total. The van der Waals surface area contributed by atoms with E-state index in [9.17, 15) is 0 Å². The van der Waals surface area contributed by atoms with E-state index in [1.165, 1.54) is 0 Å². The summed E-state index contributed by atoms with van der Waals surface area (Å²) < 4.78 is 1.12. The molecule has 0 atom stereocenters.